The number of nitrogens with zero attached hydrogens (tertiary/aromatic N) is 3. The van der Waals surface area contributed by atoms with Crippen LogP contribution in [0.2, 0.25) is 5.02 Å². The van der Waals surface area contributed by atoms with Crippen LogP contribution in [0.4, 0.5) is 0 Å². The van der Waals surface area contributed by atoms with E-state index >= 15 is 0 Å². The lowest BCUT2D eigenvalue weighted by atomic mass is 10.1. The number of rotatable bonds is 5. The van der Waals surface area contributed by atoms with Crippen LogP contribution in [-0.4, -0.2) is 14.8 Å². The van der Waals surface area contributed by atoms with Crippen LogP contribution in [-0.2, 0) is 12.2 Å². The molecule has 0 amide bonds. The number of benzene rings is 2. The molecule has 0 bridgehead atoms. The van der Waals surface area contributed by atoms with Gasteiger partial charge >= 0.3 is 5.63 Å². The summed E-state index contributed by atoms with van der Waals surface area (Å²) in [5.74, 6) is 0.576. The molecule has 2 aromatic carbocycles. The lowest BCUT2D eigenvalue weighted by Gasteiger charge is -2.08. The van der Waals surface area contributed by atoms with E-state index in [0.29, 0.717) is 16.4 Å². The maximum absolute atomic E-state index is 12.0. The molecule has 0 aliphatic carbocycles. The topological polar surface area (TPSA) is 60.9 Å². The molecule has 0 aliphatic rings. The predicted octanol–water partition coefficient (Wildman–Crippen LogP) is 4.88. The van der Waals surface area contributed by atoms with Crippen LogP contribution in [0.3, 0.4) is 0 Å². The second kappa shape index (κ2) is 7.58. The third kappa shape index (κ3) is 3.77. The molecule has 0 fully saturated rings. The average molecular weight is 398 g/mol. The second-order valence-corrected chi connectivity index (χ2v) is 7.41. The number of halogens is 1. The van der Waals surface area contributed by atoms with E-state index in [2.05, 4.69) is 23.2 Å². The summed E-state index contributed by atoms with van der Waals surface area (Å²) in [6.07, 6.45) is 2.54. The molecule has 136 valence electrons. The van der Waals surface area contributed by atoms with E-state index in [-0.39, 0.29) is 5.63 Å². The van der Waals surface area contributed by atoms with Gasteiger partial charge in [0.2, 0.25) is 0 Å². The first-order valence-corrected chi connectivity index (χ1v) is 9.85. The predicted molar refractivity (Wildman–Crippen MR) is 108 cm³/mol. The number of aromatic nitrogens is 3. The van der Waals surface area contributed by atoms with E-state index < -0.39 is 0 Å². The van der Waals surface area contributed by atoms with Crippen LogP contribution in [0.15, 0.2) is 69.2 Å². The van der Waals surface area contributed by atoms with Crippen molar-refractivity contribution in [2.45, 2.75) is 24.3 Å². The highest BCUT2D eigenvalue weighted by atomic mass is 35.5. The quantitative estimate of drug-likeness (QED) is 0.354. The molecule has 0 radical (unpaired) electrons. The molecule has 4 rings (SSSR count). The Bertz CT molecular complexity index is 1170. The molecular formula is C20H16ClN3O2S. The Balaban J connectivity index is 1.65. The zero-order chi connectivity index (χ0) is 18.8. The summed E-state index contributed by atoms with van der Waals surface area (Å²) in [5.41, 5.74) is 3.21. The van der Waals surface area contributed by atoms with E-state index in [0.717, 1.165) is 33.8 Å². The van der Waals surface area contributed by atoms with Crippen molar-refractivity contribution in [3.8, 4) is 5.69 Å². The van der Waals surface area contributed by atoms with Crippen LogP contribution >= 0.6 is 23.4 Å². The van der Waals surface area contributed by atoms with Crippen LogP contribution in [0.5, 0.6) is 0 Å². The Kier molecular flexibility index (Phi) is 5.01. The molecule has 0 atom stereocenters. The first kappa shape index (κ1) is 17.8. The fourth-order valence-electron chi connectivity index (χ4n) is 2.88. The Hall–Kier alpha value is -2.57. The van der Waals surface area contributed by atoms with Gasteiger partial charge in [-0.2, -0.15) is 0 Å². The highest BCUT2D eigenvalue weighted by molar-refractivity contribution is 7.98. The number of aryl methyl sites for hydroxylation is 1. The van der Waals surface area contributed by atoms with E-state index in [4.69, 9.17) is 16.0 Å². The van der Waals surface area contributed by atoms with Crippen molar-refractivity contribution in [1.29, 1.82) is 0 Å². The fraction of sp³-hybridized carbons (Fsp3) is 0.150. The number of hydrogen-bond donors (Lipinski definition) is 0. The molecule has 0 saturated heterocycles. The molecule has 27 heavy (non-hydrogen) atoms. The summed E-state index contributed by atoms with van der Waals surface area (Å²) in [6, 6.07) is 15.0. The molecule has 0 saturated carbocycles. The molecule has 2 aromatic heterocycles. The van der Waals surface area contributed by atoms with Gasteiger partial charge in [-0.25, -0.2) is 4.79 Å². The van der Waals surface area contributed by atoms with Crippen LogP contribution < -0.4 is 5.63 Å². The number of thioether (sulfide) groups is 1. The van der Waals surface area contributed by atoms with Crippen molar-refractivity contribution in [2.24, 2.45) is 0 Å². The molecule has 2 heterocycles. The first-order valence-electron chi connectivity index (χ1n) is 8.48. The Morgan fingerprint density at radius 2 is 2.07 bits per heavy atom. The molecule has 7 heteroatoms. The van der Waals surface area contributed by atoms with Crippen molar-refractivity contribution in [1.82, 2.24) is 14.8 Å². The summed E-state index contributed by atoms with van der Waals surface area (Å²) in [4.78, 5) is 12.0. The van der Waals surface area contributed by atoms with Gasteiger partial charge in [0.25, 0.3) is 0 Å². The second-order valence-electron chi connectivity index (χ2n) is 6.03. The Morgan fingerprint density at radius 1 is 1.19 bits per heavy atom. The molecule has 4 aromatic rings. The normalized spacial score (nSPS) is 11.2. The zero-order valence-corrected chi connectivity index (χ0v) is 16.1. The molecule has 0 spiro atoms. The van der Waals surface area contributed by atoms with Crippen molar-refractivity contribution < 1.29 is 4.42 Å². The van der Waals surface area contributed by atoms with E-state index in [1.165, 1.54) is 11.8 Å². The minimum atomic E-state index is -0.345. The number of fused-ring (bicyclic) bond motifs is 1. The van der Waals surface area contributed by atoms with Gasteiger partial charge in [0.05, 0.1) is 5.69 Å². The lowest BCUT2D eigenvalue weighted by molar-refractivity contribution is 0.559. The summed E-state index contributed by atoms with van der Waals surface area (Å²) in [7, 11) is 0. The van der Waals surface area contributed by atoms with Crippen molar-refractivity contribution in [2.75, 3.05) is 0 Å². The largest absolute Gasteiger partial charge is 0.423 e. The van der Waals surface area contributed by atoms with Gasteiger partial charge in [0, 0.05) is 22.2 Å². The highest BCUT2D eigenvalue weighted by Gasteiger charge is 2.11. The average Bonchev–Trinajstić information content (AvgIpc) is 3.14. The van der Waals surface area contributed by atoms with Crippen LogP contribution in [0.25, 0.3) is 16.7 Å². The number of hydrogen-bond acceptors (Lipinski definition) is 5. The van der Waals surface area contributed by atoms with E-state index in [1.807, 2.05) is 41.0 Å². The fourth-order valence-corrected chi connectivity index (χ4v) is 3.99. The van der Waals surface area contributed by atoms with Gasteiger partial charge in [-0.1, -0.05) is 48.5 Å². The minimum Gasteiger partial charge on any atom is -0.423 e. The third-order valence-electron chi connectivity index (χ3n) is 4.26. The Morgan fingerprint density at radius 3 is 2.89 bits per heavy atom. The molecule has 0 N–H and O–H groups in total. The maximum Gasteiger partial charge on any atom is 0.336 e. The van der Waals surface area contributed by atoms with Gasteiger partial charge in [-0.05, 0) is 41.8 Å². The summed E-state index contributed by atoms with van der Waals surface area (Å²) >= 11 is 7.60. The molecule has 0 aliphatic heterocycles. The summed E-state index contributed by atoms with van der Waals surface area (Å²) < 4.78 is 7.25. The van der Waals surface area contributed by atoms with E-state index in [1.54, 1.807) is 12.4 Å². The minimum absolute atomic E-state index is 0.345. The molecular weight excluding hydrogens is 382 g/mol. The monoisotopic (exact) mass is 397 g/mol. The lowest BCUT2D eigenvalue weighted by Crippen LogP contribution is -2.01. The van der Waals surface area contributed by atoms with Crippen molar-refractivity contribution in [3.05, 3.63) is 81.4 Å². The molecule has 0 unspecified atom stereocenters. The highest BCUT2D eigenvalue weighted by Crippen LogP contribution is 2.28. The standard InChI is InChI=1S/C20H16ClN3O2S/c1-2-13-6-7-17-14(9-19(25)26-18(17)8-13)11-27-20-23-22-12-24(20)16-5-3-4-15(21)10-16/h3-10,12H,2,11H2,1H3. The van der Waals surface area contributed by atoms with Crippen LogP contribution in [0.1, 0.15) is 18.1 Å². The van der Waals surface area contributed by atoms with Gasteiger partial charge in [0.1, 0.15) is 11.9 Å². The van der Waals surface area contributed by atoms with Gasteiger partial charge in [-0.3, -0.25) is 4.57 Å². The zero-order valence-electron chi connectivity index (χ0n) is 14.6. The SMILES string of the molecule is CCc1ccc2c(CSc3nncn3-c3cccc(Cl)c3)cc(=O)oc2c1. The smallest absolute Gasteiger partial charge is 0.336 e. The van der Waals surface area contributed by atoms with E-state index in [9.17, 15) is 4.79 Å². The van der Waals surface area contributed by atoms with Gasteiger partial charge in [0.15, 0.2) is 5.16 Å². The summed E-state index contributed by atoms with van der Waals surface area (Å²) in [6.45, 7) is 2.07. The van der Waals surface area contributed by atoms with Gasteiger partial charge < -0.3 is 4.42 Å². The van der Waals surface area contributed by atoms with Crippen molar-refractivity contribution in [3.63, 3.8) is 0 Å². The summed E-state index contributed by atoms with van der Waals surface area (Å²) in [5, 5.41) is 10.5. The maximum atomic E-state index is 12.0. The van der Waals surface area contributed by atoms with Crippen molar-refractivity contribution >= 4 is 34.3 Å². The van der Waals surface area contributed by atoms with Gasteiger partial charge in [-0.15, -0.1) is 10.2 Å². The first-order chi connectivity index (χ1) is 13.1. The third-order valence-corrected chi connectivity index (χ3v) is 5.49. The Labute approximate surface area is 165 Å². The molecule has 5 nitrogen and oxygen atoms in total. The van der Waals surface area contributed by atoms with Crippen LogP contribution in [0, 0.1) is 0 Å².